The number of hydrogen-bond acceptors (Lipinski definition) is 1. The van der Waals surface area contributed by atoms with Crippen molar-refractivity contribution >= 4 is 9.52 Å². The fourth-order valence-electron chi connectivity index (χ4n) is 0.433. The Balaban J connectivity index is 3.82. The molecule has 0 aromatic heterocycles. The van der Waals surface area contributed by atoms with Gasteiger partial charge in [-0.15, -0.1) is 6.58 Å². The first-order chi connectivity index (χ1) is 3.48. The van der Waals surface area contributed by atoms with Gasteiger partial charge in [-0.2, -0.15) is 0 Å². The molecule has 0 fully saturated rings. The molecule has 0 unspecified atom stereocenters. The van der Waals surface area contributed by atoms with Gasteiger partial charge in [-0.25, -0.2) is 0 Å². The predicted molar refractivity (Wildman–Crippen MR) is 39.8 cm³/mol. The Labute approximate surface area is 53.2 Å². The molecule has 2 heteroatoms. The van der Waals surface area contributed by atoms with E-state index in [0.29, 0.717) is 0 Å². The van der Waals surface area contributed by atoms with Gasteiger partial charge in [0, 0.05) is 9.52 Å². The lowest BCUT2D eigenvalue weighted by Crippen LogP contribution is -2.23. The highest BCUT2D eigenvalue weighted by Crippen LogP contribution is 2.10. The van der Waals surface area contributed by atoms with E-state index in [1.54, 1.807) is 13.8 Å². The quantitative estimate of drug-likeness (QED) is 0.539. The van der Waals surface area contributed by atoms with Crippen LogP contribution in [0, 0.1) is 0 Å². The Morgan fingerprint density at radius 2 is 2.00 bits per heavy atom. The first-order valence-corrected chi connectivity index (χ1v) is 5.01. The zero-order valence-electron chi connectivity index (χ0n) is 5.86. The predicted octanol–water partition coefficient (Wildman–Crippen LogP) is 0.488. The lowest BCUT2D eigenvalue weighted by atomic mass is 10.1. The van der Waals surface area contributed by atoms with Crippen LogP contribution in [-0.4, -0.2) is 20.2 Å². The van der Waals surface area contributed by atoms with Crippen LogP contribution in [-0.2, 0) is 0 Å². The van der Waals surface area contributed by atoms with E-state index in [1.165, 1.54) is 0 Å². The molecular weight excluding hydrogens is 116 g/mol. The molecule has 0 heterocycles. The van der Waals surface area contributed by atoms with Gasteiger partial charge in [0.05, 0.1) is 5.60 Å². The van der Waals surface area contributed by atoms with Crippen LogP contribution in [0.1, 0.15) is 13.8 Å². The molecule has 0 spiro atoms. The minimum absolute atomic E-state index is 0.210. The molecule has 1 nitrogen and oxygen atoms in total. The number of hydrogen-bond donors (Lipinski definition) is 1. The fraction of sp³-hybridized carbons (Fsp3) is 0.667. The SMILES string of the molecule is C=C([SiH2]C)C(C)(C)O. The fourth-order valence-corrected chi connectivity index (χ4v) is 1.30. The molecule has 0 rings (SSSR count). The molecule has 0 bridgehead atoms. The van der Waals surface area contributed by atoms with E-state index in [-0.39, 0.29) is 9.52 Å². The Hall–Kier alpha value is -0.0831. The maximum absolute atomic E-state index is 9.22. The van der Waals surface area contributed by atoms with E-state index >= 15 is 0 Å². The molecule has 0 aromatic carbocycles. The lowest BCUT2D eigenvalue weighted by molar-refractivity contribution is 0.128. The van der Waals surface area contributed by atoms with Gasteiger partial charge in [0.15, 0.2) is 0 Å². The molecular formula is C6H14OSi. The summed E-state index contributed by atoms with van der Waals surface area (Å²) >= 11 is 0. The highest BCUT2D eigenvalue weighted by Gasteiger charge is 2.14. The molecule has 0 aromatic rings. The largest absolute Gasteiger partial charge is 0.387 e. The third-order valence-corrected chi connectivity index (χ3v) is 3.01. The van der Waals surface area contributed by atoms with Crippen molar-refractivity contribution in [3.8, 4) is 0 Å². The van der Waals surface area contributed by atoms with Crippen molar-refractivity contribution in [1.82, 2.24) is 0 Å². The van der Waals surface area contributed by atoms with E-state index in [1.807, 2.05) is 0 Å². The third-order valence-electron chi connectivity index (χ3n) is 1.29. The highest BCUT2D eigenvalue weighted by atomic mass is 28.2. The lowest BCUT2D eigenvalue weighted by Gasteiger charge is -2.18. The molecule has 0 saturated heterocycles. The maximum Gasteiger partial charge on any atom is 0.0757 e. The zero-order valence-corrected chi connectivity index (χ0v) is 7.28. The topological polar surface area (TPSA) is 20.2 Å². The average Bonchev–Trinajstić information content (AvgIpc) is 1.62. The first kappa shape index (κ1) is 7.92. The normalized spacial score (nSPS) is 13.0. The van der Waals surface area contributed by atoms with E-state index in [2.05, 4.69) is 13.1 Å². The summed E-state index contributed by atoms with van der Waals surface area (Å²) in [6.45, 7) is 9.45. The van der Waals surface area contributed by atoms with Crippen molar-refractivity contribution in [3.63, 3.8) is 0 Å². The third kappa shape index (κ3) is 2.28. The molecule has 0 saturated carbocycles. The molecule has 1 N–H and O–H groups in total. The molecule has 0 atom stereocenters. The standard InChI is InChI=1S/C6H14OSi/c1-5(8-4)6(2,3)7/h7H,1,8H2,2-4H3. The summed E-state index contributed by atoms with van der Waals surface area (Å²) in [7, 11) is -0.210. The van der Waals surface area contributed by atoms with Crippen molar-refractivity contribution in [2.24, 2.45) is 0 Å². The minimum atomic E-state index is -0.624. The zero-order chi connectivity index (χ0) is 6.78. The van der Waals surface area contributed by atoms with Gasteiger partial charge in [-0.05, 0) is 13.8 Å². The van der Waals surface area contributed by atoms with Crippen LogP contribution >= 0.6 is 0 Å². The molecule has 0 radical (unpaired) electrons. The van der Waals surface area contributed by atoms with Gasteiger partial charge in [0.2, 0.25) is 0 Å². The second-order valence-corrected chi connectivity index (χ2v) is 4.08. The number of aliphatic hydroxyl groups is 1. The van der Waals surface area contributed by atoms with Gasteiger partial charge < -0.3 is 5.11 Å². The van der Waals surface area contributed by atoms with Gasteiger partial charge >= 0.3 is 0 Å². The molecule has 0 aliphatic carbocycles. The Kier molecular flexibility index (Phi) is 2.44. The van der Waals surface area contributed by atoms with Crippen LogP contribution in [0.2, 0.25) is 6.55 Å². The highest BCUT2D eigenvalue weighted by molar-refractivity contribution is 6.44. The van der Waals surface area contributed by atoms with E-state index < -0.39 is 5.60 Å². The molecule has 8 heavy (non-hydrogen) atoms. The molecule has 0 amide bonds. The summed E-state index contributed by atoms with van der Waals surface area (Å²) < 4.78 is 0. The molecule has 48 valence electrons. The monoisotopic (exact) mass is 130 g/mol. The van der Waals surface area contributed by atoms with Crippen LogP contribution in [0.5, 0.6) is 0 Å². The maximum atomic E-state index is 9.22. The van der Waals surface area contributed by atoms with Crippen molar-refractivity contribution in [1.29, 1.82) is 0 Å². The second kappa shape index (κ2) is 2.46. The van der Waals surface area contributed by atoms with Crippen LogP contribution in [0.4, 0.5) is 0 Å². The average molecular weight is 130 g/mol. The summed E-state index contributed by atoms with van der Waals surface area (Å²) in [6, 6.07) is 0. The molecule has 0 aliphatic heterocycles. The molecule has 0 aliphatic rings. The Morgan fingerprint density at radius 1 is 1.62 bits per heavy atom. The van der Waals surface area contributed by atoms with Gasteiger partial charge in [-0.3, -0.25) is 0 Å². The Bertz CT molecular complexity index is 91.2. The van der Waals surface area contributed by atoms with Crippen molar-refractivity contribution in [2.45, 2.75) is 26.0 Å². The summed E-state index contributed by atoms with van der Waals surface area (Å²) in [5, 5.41) is 10.2. The summed E-state index contributed by atoms with van der Waals surface area (Å²) in [6.07, 6.45) is 0. The van der Waals surface area contributed by atoms with E-state index in [0.717, 1.165) is 5.20 Å². The minimum Gasteiger partial charge on any atom is -0.387 e. The smallest absolute Gasteiger partial charge is 0.0757 e. The van der Waals surface area contributed by atoms with E-state index in [9.17, 15) is 5.11 Å². The first-order valence-electron chi connectivity index (χ1n) is 2.89. The Morgan fingerprint density at radius 3 is 2.00 bits per heavy atom. The summed E-state index contributed by atoms with van der Waals surface area (Å²) in [4.78, 5) is 0. The van der Waals surface area contributed by atoms with Crippen LogP contribution < -0.4 is 0 Å². The van der Waals surface area contributed by atoms with Crippen molar-refractivity contribution in [2.75, 3.05) is 0 Å². The van der Waals surface area contributed by atoms with Gasteiger partial charge in [0.25, 0.3) is 0 Å². The van der Waals surface area contributed by atoms with E-state index in [4.69, 9.17) is 0 Å². The van der Waals surface area contributed by atoms with Crippen LogP contribution in [0.15, 0.2) is 11.8 Å². The van der Waals surface area contributed by atoms with Crippen LogP contribution in [0.3, 0.4) is 0 Å². The van der Waals surface area contributed by atoms with Crippen molar-refractivity contribution in [3.05, 3.63) is 11.8 Å². The second-order valence-electron chi connectivity index (χ2n) is 2.52. The summed E-state index contributed by atoms with van der Waals surface area (Å²) in [5.41, 5.74) is -0.624. The summed E-state index contributed by atoms with van der Waals surface area (Å²) in [5.74, 6) is 0. The van der Waals surface area contributed by atoms with Crippen molar-refractivity contribution < 1.29 is 5.11 Å². The van der Waals surface area contributed by atoms with Gasteiger partial charge in [-0.1, -0.05) is 11.7 Å². The van der Waals surface area contributed by atoms with Crippen LogP contribution in [0.25, 0.3) is 0 Å². The van der Waals surface area contributed by atoms with Gasteiger partial charge in [0.1, 0.15) is 0 Å². The number of rotatable bonds is 2.